The van der Waals surface area contributed by atoms with Gasteiger partial charge in [0.25, 0.3) is 5.91 Å². The van der Waals surface area contributed by atoms with Gasteiger partial charge in [-0.1, -0.05) is 25.5 Å². The molecule has 0 radical (unpaired) electrons. The first-order valence-electron chi connectivity index (χ1n) is 9.21. The van der Waals surface area contributed by atoms with E-state index in [1.54, 1.807) is 12.3 Å². The minimum atomic E-state index is -0.136. The summed E-state index contributed by atoms with van der Waals surface area (Å²) in [5, 5.41) is 6.33. The van der Waals surface area contributed by atoms with E-state index in [0.29, 0.717) is 12.2 Å². The quantitative estimate of drug-likeness (QED) is 0.748. The maximum Gasteiger partial charge on any atom is 0.269 e. The number of anilines is 3. The van der Waals surface area contributed by atoms with Crippen molar-refractivity contribution in [2.24, 2.45) is 0 Å². The highest BCUT2D eigenvalue weighted by atomic mass is 16.5. The van der Waals surface area contributed by atoms with Gasteiger partial charge in [0.05, 0.1) is 24.6 Å². The summed E-state index contributed by atoms with van der Waals surface area (Å²) in [6.45, 7) is 6.01. The average Bonchev–Trinajstić information content (AvgIpc) is 2.69. The standard InChI is InChI=1S/C20H26N4O2/c1-2-3-9-22-20(25)18-15-16(8-10-21-18)23-17-6-4-5-7-19(17)24-11-13-26-14-12-24/h4-8,10,15H,2-3,9,11-14H2,1H3,(H,21,23)(H,22,25). The summed E-state index contributed by atoms with van der Waals surface area (Å²) < 4.78 is 5.45. The van der Waals surface area contributed by atoms with Gasteiger partial charge < -0.3 is 20.3 Å². The van der Waals surface area contributed by atoms with Gasteiger partial charge in [-0.15, -0.1) is 0 Å². The van der Waals surface area contributed by atoms with Crippen molar-refractivity contribution in [1.29, 1.82) is 0 Å². The molecule has 0 saturated carbocycles. The Morgan fingerprint density at radius 2 is 2.04 bits per heavy atom. The van der Waals surface area contributed by atoms with Gasteiger partial charge in [-0.05, 0) is 30.7 Å². The number of aromatic nitrogens is 1. The van der Waals surface area contributed by atoms with Crippen molar-refractivity contribution in [2.75, 3.05) is 43.1 Å². The second-order valence-electron chi connectivity index (χ2n) is 6.28. The molecule has 0 aliphatic carbocycles. The largest absolute Gasteiger partial charge is 0.378 e. The van der Waals surface area contributed by atoms with Gasteiger partial charge in [-0.25, -0.2) is 0 Å². The topological polar surface area (TPSA) is 66.5 Å². The highest BCUT2D eigenvalue weighted by molar-refractivity contribution is 5.93. The second kappa shape index (κ2) is 9.20. The van der Waals surface area contributed by atoms with Crippen LogP contribution in [0.1, 0.15) is 30.3 Å². The summed E-state index contributed by atoms with van der Waals surface area (Å²) in [6, 6.07) is 11.9. The number of morpholine rings is 1. The van der Waals surface area contributed by atoms with Crippen molar-refractivity contribution in [3.05, 3.63) is 48.3 Å². The third-order valence-electron chi connectivity index (χ3n) is 4.34. The first kappa shape index (κ1) is 18.2. The summed E-state index contributed by atoms with van der Waals surface area (Å²) in [6.07, 6.45) is 3.68. The van der Waals surface area contributed by atoms with E-state index in [0.717, 1.165) is 56.2 Å². The van der Waals surface area contributed by atoms with Crippen LogP contribution in [-0.2, 0) is 4.74 Å². The predicted molar refractivity (Wildman–Crippen MR) is 104 cm³/mol. The average molecular weight is 354 g/mol. The zero-order valence-electron chi connectivity index (χ0n) is 15.2. The molecule has 6 heteroatoms. The van der Waals surface area contributed by atoms with Crippen LogP contribution in [0.4, 0.5) is 17.1 Å². The normalized spacial score (nSPS) is 14.1. The van der Waals surface area contributed by atoms with Gasteiger partial charge in [-0.2, -0.15) is 0 Å². The van der Waals surface area contributed by atoms with Crippen LogP contribution < -0.4 is 15.5 Å². The molecule has 1 aromatic carbocycles. The summed E-state index contributed by atoms with van der Waals surface area (Å²) in [5.74, 6) is -0.136. The number of unbranched alkanes of at least 4 members (excludes halogenated alkanes) is 1. The number of pyridine rings is 1. The molecule has 2 N–H and O–H groups in total. The number of hydrogen-bond acceptors (Lipinski definition) is 5. The number of carbonyl (C=O) groups excluding carboxylic acids is 1. The number of carbonyl (C=O) groups is 1. The molecule has 1 amide bonds. The van der Waals surface area contributed by atoms with Crippen LogP contribution in [0.25, 0.3) is 0 Å². The van der Waals surface area contributed by atoms with E-state index < -0.39 is 0 Å². The number of benzene rings is 1. The summed E-state index contributed by atoms with van der Waals surface area (Å²) in [7, 11) is 0. The Bertz CT molecular complexity index is 729. The van der Waals surface area contributed by atoms with Crippen LogP contribution in [0.2, 0.25) is 0 Å². The number of amides is 1. The molecular weight excluding hydrogens is 328 g/mol. The van der Waals surface area contributed by atoms with Crippen molar-refractivity contribution in [2.45, 2.75) is 19.8 Å². The first-order chi connectivity index (χ1) is 12.8. The predicted octanol–water partition coefficient (Wildman–Crippen LogP) is 3.19. The third-order valence-corrected chi connectivity index (χ3v) is 4.34. The lowest BCUT2D eigenvalue weighted by Crippen LogP contribution is -2.36. The number of hydrogen-bond donors (Lipinski definition) is 2. The fraction of sp³-hybridized carbons (Fsp3) is 0.400. The maximum absolute atomic E-state index is 12.2. The van der Waals surface area contributed by atoms with Crippen LogP contribution in [0.15, 0.2) is 42.6 Å². The van der Waals surface area contributed by atoms with Crippen LogP contribution in [0, 0.1) is 0 Å². The van der Waals surface area contributed by atoms with Crippen molar-refractivity contribution >= 4 is 23.0 Å². The lowest BCUT2D eigenvalue weighted by molar-refractivity contribution is 0.0948. The molecule has 6 nitrogen and oxygen atoms in total. The van der Waals surface area contributed by atoms with E-state index in [9.17, 15) is 4.79 Å². The molecule has 1 fully saturated rings. The molecule has 138 valence electrons. The lowest BCUT2D eigenvalue weighted by Gasteiger charge is -2.30. The van der Waals surface area contributed by atoms with Gasteiger partial charge in [0.15, 0.2) is 0 Å². The summed E-state index contributed by atoms with van der Waals surface area (Å²) in [5.41, 5.74) is 3.43. The molecule has 0 spiro atoms. The monoisotopic (exact) mass is 354 g/mol. The van der Waals surface area contributed by atoms with E-state index in [-0.39, 0.29) is 5.91 Å². The molecule has 2 aromatic rings. The van der Waals surface area contributed by atoms with E-state index in [1.165, 1.54) is 0 Å². The Balaban J connectivity index is 1.73. The first-order valence-corrected chi connectivity index (χ1v) is 9.21. The Morgan fingerprint density at radius 3 is 2.85 bits per heavy atom. The number of ether oxygens (including phenoxy) is 1. The van der Waals surface area contributed by atoms with Crippen molar-refractivity contribution in [3.63, 3.8) is 0 Å². The van der Waals surface area contributed by atoms with Crippen molar-refractivity contribution in [3.8, 4) is 0 Å². The van der Waals surface area contributed by atoms with E-state index >= 15 is 0 Å². The fourth-order valence-corrected chi connectivity index (χ4v) is 2.92. The zero-order valence-corrected chi connectivity index (χ0v) is 15.2. The molecule has 0 bridgehead atoms. The lowest BCUT2D eigenvalue weighted by atomic mass is 10.2. The summed E-state index contributed by atoms with van der Waals surface area (Å²) >= 11 is 0. The molecule has 2 heterocycles. The second-order valence-corrected chi connectivity index (χ2v) is 6.28. The molecule has 0 unspecified atom stereocenters. The van der Waals surface area contributed by atoms with Gasteiger partial charge in [0, 0.05) is 31.5 Å². The maximum atomic E-state index is 12.2. The van der Waals surface area contributed by atoms with Crippen molar-refractivity contribution in [1.82, 2.24) is 10.3 Å². The Morgan fingerprint density at radius 1 is 1.23 bits per heavy atom. The van der Waals surface area contributed by atoms with E-state index in [4.69, 9.17) is 4.74 Å². The number of nitrogens with one attached hydrogen (secondary N) is 2. The van der Waals surface area contributed by atoms with Gasteiger partial charge in [0.2, 0.25) is 0 Å². The van der Waals surface area contributed by atoms with Crippen LogP contribution in [-0.4, -0.2) is 43.7 Å². The Kier molecular flexibility index (Phi) is 6.44. The minimum Gasteiger partial charge on any atom is -0.378 e. The Hall–Kier alpha value is -2.60. The number of nitrogens with zero attached hydrogens (tertiary/aromatic N) is 2. The van der Waals surface area contributed by atoms with Gasteiger partial charge >= 0.3 is 0 Å². The van der Waals surface area contributed by atoms with Gasteiger partial charge in [-0.3, -0.25) is 9.78 Å². The highest BCUT2D eigenvalue weighted by Crippen LogP contribution is 2.29. The van der Waals surface area contributed by atoms with Crippen molar-refractivity contribution < 1.29 is 9.53 Å². The fourth-order valence-electron chi connectivity index (χ4n) is 2.92. The minimum absolute atomic E-state index is 0.136. The highest BCUT2D eigenvalue weighted by Gasteiger charge is 2.15. The number of rotatable bonds is 7. The Labute approximate surface area is 154 Å². The zero-order chi connectivity index (χ0) is 18.2. The number of para-hydroxylation sites is 2. The molecule has 1 saturated heterocycles. The van der Waals surface area contributed by atoms with E-state index in [1.807, 2.05) is 24.3 Å². The van der Waals surface area contributed by atoms with Crippen LogP contribution in [0.3, 0.4) is 0 Å². The van der Waals surface area contributed by atoms with Crippen LogP contribution in [0.5, 0.6) is 0 Å². The van der Waals surface area contributed by atoms with Gasteiger partial charge in [0.1, 0.15) is 5.69 Å². The smallest absolute Gasteiger partial charge is 0.269 e. The molecule has 1 aromatic heterocycles. The molecule has 0 atom stereocenters. The molecule has 1 aliphatic rings. The SMILES string of the molecule is CCCCNC(=O)c1cc(Nc2ccccc2N2CCOCC2)ccn1. The summed E-state index contributed by atoms with van der Waals surface area (Å²) in [4.78, 5) is 18.7. The molecule has 3 rings (SSSR count). The van der Waals surface area contributed by atoms with Crippen LogP contribution >= 0.6 is 0 Å². The molecule has 26 heavy (non-hydrogen) atoms. The molecule has 1 aliphatic heterocycles. The third kappa shape index (κ3) is 4.73. The van der Waals surface area contributed by atoms with E-state index in [2.05, 4.69) is 33.5 Å². The molecular formula is C20H26N4O2.